The summed E-state index contributed by atoms with van der Waals surface area (Å²) in [5.41, 5.74) is 2.97. The molecule has 0 spiro atoms. The van der Waals surface area contributed by atoms with Gasteiger partial charge < -0.3 is 29.4 Å². The molecule has 1 heterocycles. The van der Waals surface area contributed by atoms with E-state index in [0.717, 1.165) is 11.3 Å². The lowest BCUT2D eigenvalue weighted by Gasteiger charge is -2.25. The molecule has 1 unspecified atom stereocenters. The zero-order valence-corrected chi connectivity index (χ0v) is 18.5. The van der Waals surface area contributed by atoms with E-state index >= 15 is 0 Å². The van der Waals surface area contributed by atoms with E-state index < -0.39 is 5.97 Å². The SMILES string of the molecule is COCCOC(=O)c1c(C)[nH]c(C(=O)NCC(c2ccc(OC)cc2)N(C)C)c1C. The quantitative estimate of drug-likeness (QED) is 0.456. The van der Waals surface area contributed by atoms with E-state index in [-0.39, 0.29) is 18.6 Å². The lowest BCUT2D eigenvalue weighted by atomic mass is 10.1. The first-order valence-electron chi connectivity index (χ1n) is 9.73. The summed E-state index contributed by atoms with van der Waals surface area (Å²) in [4.78, 5) is 30.2. The molecule has 0 aliphatic carbocycles. The van der Waals surface area contributed by atoms with Gasteiger partial charge in [0.25, 0.3) is 5.91 Å². The van der Waals surface area contributed by atoms with Crippen molar-refractivity contribution in [2.75, 3.05) is 48.1 Å². The molecule has 8 nitrogen and oxygen atoms in total. The Kier molecular flexibility index (Phi) is 8.44. The van der Waals surface area contributed by atoms with Crippen LogP contribution >= 0.6 is 0 Å². The van der Waals surface area contributed by atoms with Crippen LogP contribution < -0.4 is 10.1 Å². The highest BCUT2D eigenvalue weighted by molar-refractivity contribution is 6.00. The van der Waals surface area contributed by atoms with E-state index in [1.54, 1.807) is 21.0 Å². The van der Waals surface area contributed by atoms with E-state index in [4.69, 9.17) is 14.2 Å². The fourth-order valence-electron chi connectivity index (χ4n) is 3.28. The lowest BCUT2D eigenvalue weighted by Crippen LogP contribution is -2.35. The van der Waals surface area contributed by atoms with Gasteiger partial charge in [0.15, 0.2) is 0 Å². The molecule has 0 bridgehead atoms. The number of aromatic nitrogens is 1. The van der Waals surface area contributed by atoms with Crippen LogP contribution in [0.1, 0.15) is 43.7 Å². The summed E-state index contributed by atoms with van der Waals surface area (Å²) in [5, 5.41) is 2.96. The number of nitrogens with one attached hydrogen (secondary N) is 2. The Morgan fingerprint density at radius 3 is 2.33 bits per heavy atom. The molecule has 1 aromatic heterocycles. The summed E-state index contributed by atoms with van der Waals surface area (Å²) in [6.07, 6.45) is 0. The van der Waals surface area contributed by atoms with Crippen LogP contribution in [0.2, 0.25) is 0 Å². The number of aryl methyl sites for hydroxylation is 1. The van der Waals surface area contributed by atoms with Crippen LogP contribution in [-0.4, -0.2) is 69.8 Å². The van der Waals surface area contributed by atoms with Crippen molar-refractivity contribution in [1.29, 1.82) is 0 Å². The highest BCUT2D eigenvalue weighted by Crippen LogP contribution is 2.22. The van der Waals surface area contributed by atoms with Gasteiger partial charge in [0.2, 0.25) is 0 Å². The smallest absolute Gasteiger partial charge is 0.340 e. The molecular formula is C22H31N3O5. The number of esters is 1. The van der Waals surface area contributed by atoms with E-state index in [0.29, 0.717) is 35.7 Å². The minimum atomic E-state index is -0.471. The zero-order chi connectivity index (χ0) is 22.3. The van der Waals surface area contributed by atoms with Crippen LogP contribution in [-0.2, 0) is 9.47 Å². The van der Waals surface area contributed by atoms with Crippen molar-refractivity contribution in [3.8, 4) is 5.75 Å². The number of hydrogen-bond donors (Lipinski definition) is 2. The number of likely N-dealkylation sites (N-methyl/N-ethyl adjacent to an activating group) is 1. The predicted octanol–water partition coefficient (Wildman–Crippen LogP) is 2.48. The monoisotopic (exact) mass is 417 g/mol. The van der Waals surface area contributed by atoms with Crippen LogP contribution in [0.15, 0.2) is 24.3 Å². The number of rotatable bonds is 10. The van der Waals surface area contributed by atoms with E-state index in [1.165, 1.54) is 7.11 Å². The first-order valence-corrected chi connectivity index (χ1v) is 9.73. The van der Waals surface area contributed by atoms with Gasteiger partial charge in [-0.05, 0) is 51.2 Å². The summed E-state index contributed by atoms with van der Waals surface area (Å²) in [5.74, 6) is 0.0383. The zero-order valence-electron chi connectivity index (χ0n) is 18.5. The van der Waals surface area contributed by atoms with Gasteiger partial charge in [-0.2, -0.15) is 0 Å². The predicted molar refractivity (Wildman–Crippen MR) is 114 cm³/mol. The standard InChI is InChI=1S/C22H31N3O5/c1-14-19(22(27)30-12-11-28-5)15(2)24-20(14)21(26)23-13-18(25(3)4)16-7-9-17(29-6)10-8-16/h7-10,18,24H,11-13H2,1-6H3,(H,23,26). The summed E-state index contributed by atoms with van der Waals surface area (Å²) < 4.78 is 15.3. The van der Waals surface area contributed by atoms with Crippen molar-refractivity contribution in [2.45, 2.75) is 19.9 Å². The third-order valence-electron chi connectivity index (χ3n) is 4.97. The second kappa shape index (κ2) is 10.8. The van der Waals surface area contributed by atoms with Gasteiger partial charge in [-0.15, -0.1) is 0 Å². The molecule has 1 amide bonds. The van der Waals surface area contributed by atoms with Crippen LogP contribution in [0.5, 0.6) is 5.75 Å². The summed E-state index contributed by atoms with van der Waals surface area (Å²) >= 11 is 0. The molecule has 1 aromatic carbocycles. The largest absolute Gasteiger partial charge is 0.497 e. The Bertz CT molecular complexity index is 858. The molecule has 0 radical (unpaired) electrons. The molecule has 0 aliphatic heterocycles. The maximum absolute atomic E-state index is 12.8. The van der Waals surface area contributed by atoms with E-state index in [9.17, 15) is 9.59 Å². The maximum atomic E-state index is 12.8. The highest BCUT2D eigenvalue weighted by Gasteiger charge is 2.24. The number of amides is 1. The van der Waals surface area contributed by atoms with Crippen molar-refractivity contribution >= 4 is 11.9 Å². The maximum Gasteiger partial charge on any atom is 0.340 e. The van der Waals surface area contributed by atoms with Crippen molar-refractivity contribution in [2.24, 2.45) is 0 Å². The molecule has 0 saturated heterocycles. The molecule has 0 fully saturated rings. The Balaban J connectivity index is 2.10. The number of carbonyl (C=O) groups is 2. The van der Waals surface area contributed by atoms with Crippen LogP contribution in [0.4, 0.5) is 0 Å². The van der Waals surface area contributed by atoms with Crippen molar-refractivity contribution in [3.05, 3.63) is 52.3 Å². The highest BCUT2D eigenvalue weighted by atomic mass is 16.6. The first-order chi connectivity index (χ1) is 14.3. The molecular weight excluding hydrogens is 386 g/mol. The lowest BCUT2D eigenvalue weighted by molar-refractivity contribution is 0.0387. The second-order valence-corrected chi connectivity index (χ2v) is 7.22. The average molecular weight is 418 g/mol. The van der Waals surface area contributed by atoms with Crippen LogP contribution in [0.25, 0.3) is 0 Å². The molecule has 164 valence electrons. The van der Waals surface area contributed by atoms with E-state index in [1.807, 2.05) is 43.3 Å². The average Bonchev–Trinajstić information content (AvgIpc) is 3.02. The Hall–Kier alpha value is -2.84. The second-order valence-electron chi connectivity index (χ2n) is 7.22. The van der Waals surface area contributed by atoms with Crippen LogP contribution in [0, 0.1) is 13.8 Å². The van der Waals surface area contributed by atoms with Gasteiger partial charge in [-0.3, -0.25) is 4.79 Å². The number of ether oxygens (including phenoxy) is 3. The van der Waals surface area contributed by atoms with Crippen molar-refractivity contribution in [3.63, 3.8) is 0 Å². The third-order valence-corrected chi connectivity index (χ3v) is 4.97. The summed E-state index contributed by atoms with van der Waals surface area (Å²) in [6.45, 7) is 4.37. The number of hydrogen-bond acceptors (Lipinski definition) is 6. The summed E-state index contributed by atoms with van der Waals surface area (Å²) in [6, 6.07) is 7.73. The van der Waals surface area contributed by atoms with Gasteiger partial charge in [0, 0.05) is 19.3 Å². The number of methoxy groups -OCH3 is 2. The van der Waals surface area contributed by atoms with E-state index in [2.05, 4.69) is 10.3 Å². The fraction of sp³-hybridized carbons (Fsp3) is 0.455. The van der Waals surface area contributed by atoms with Gasteiger partial charge in [0.1, 0.15) is 18.1 Å². The topological polar surface area (TPSA) is 92.9 Å². The molecule has 1 atom stereocenters. The Morgan fingerprint density at radius 1 is 1.10 bits per heavy atom. The summed E-state index contributed by atoms with van der Waals surface area (Å²) in [7, 11) is 7.08. The molecule has 8 heteroatoms. The molecule has 2 N–H and O–H groups in total. The molecule has 0 saturated carbocycles. The number of H-pyrrole nitrogens is 1. The minimum Gasteiger partial charge on any atom is -0.497 e. The van der Waals surface area contributed by atoms with Gasteiger partial charge >= 0.3 is 5.97 Å². The van der Waals surface area contributed by atoms with Crippen molar-refractivity contribution < 1.29 is 23.8 Å². The van der Waals surface area contributed by atoms with Gasteiger partial charge in [0.05, 0.1) is 25.3 Å². The third kappa shape index (κ3) is 5.61. The molecule has 2 rings (SSSR count). The minimum absolute atomic E-state index is 0.0188. The Morgan fingerprint density at radius 2 is 1.77 bits per heavy atom. The fourth-order valence-corrected chi connectivity index (χ4v) is 3.28. The Labute approximate surface area is 177 Å². The number of benzene rings is 1. The van der Waals surface area contributed by atoms with Crippen LogP contribution in [0.3, 0.4) is 0 Å². The number of nitrogens with zero attached hydrogens (tertiary/aromatic N) is 1. The van der Waals surface area contributed by atoms with Gasteiger partial charge in [-0.1, -0.05) is 12.1 Å². The van der Waals surface area contributed by atoms with Gasteiger partial charge in [-0.25, -0.2) is 4.79 Å². The molecule has 30 heavy (non-hydrogen) atoms. The van der Waals surface area contributed by atoms with Crippen molar-refractivity contribution in [1.82, 2.24) is 15.2 Å². The molecule has 0 aliphatic rings. The number of aromatic amines is 1. The molecule has 2 aromatic rings. The normalized spacial score (nSPS) is 12.0. The first kappa shape index (κ1) is 23.4. The number of carbonyl (C=O) groups excluding carboxylic acids is 2.